The van der Waals surface area contributed by atoms with E-state index in [-0.39, 0.29) is 33.3 Å². The molecule has 0 atom stereocenters. The molecule has 0 aliphatic carbocycles. The summed E-state index contributed by atoms with van der Waals surface area (Å²) in [5.74, 6) is -0.280. The molecule has 10 nitrogen and oxygen atoms in total. The third kappa shape index (κ3) is 5.01. The Morgan fingerprint density at radius 2 is 1.64 bits per heavy atom. The highest BCUT2D eigenvalue weighted by molar-refractivity contribution is 7.90. The molecule has 0 radical (unpaired) electrons. The number of carbonyl (C=O) groups is 2. The maximum absolute atomic E-state index is 13.0. The molecule has 1 aromatic heterocycles. The van der Waals surface area contributed by atoms with Crippen molar-refractivity contribution in [2.24, 2.45) is 4.99 Å². The number of esters is 1. The number of methoxy groups -OCH3 is 4. The molecular formula is C21H22N2O8S2. The zero-order chi connectivity index (χ0) is 24.3. The summed E-state index contributed by atoms with van der Waals surface area (Å²) >= 11 is 1.07. The molecule has 0 aliphatic rings. The van der Waals surface area contributed by atoms with Crippen LogP contribution in [0.4, 0.5) is 0 Å². The van der Waals surface area contributed by atoms with Gasteiger partial charge in [0.05, 0.1) is 43.6 Å². The highest BCUT2D eigenvalue weighted by Crippen LogP contribution is 2.38. The van der Waals surface area contributed by atoms with Gasteiger partial charge in [0.2, 0.25) is 5.75 Å². The molecule has 0 N–H and O–H groups in total. The van der Waals surface area contributed by atoms with Gasteiger partial charge >= 0.3 is 5.97 Å². The largest absolute Gasteiger partial charge is 0.493 e. The van der Waals surface area contributed by atoms with Gasteiger partial charge in [0.25, 0.3) is 5.91 Å². The van der Waals surface area contributed by atoms with Crippen LogP contribution in [0.5, 0.6) is 17.2 Å². The van der Waals surface area contributed by atoms with E-state index in [0.717, 1.165) is 17.6 Å². The first-order valence-electron chi connectivity index (χ1n) is 9.42. The van der Waals surface area contributed by atoms with E-state index in [0.29, 0.717) is 16.0 Å². The minimum absolute atomic E-state index is 0.115. The Morgan fingerprint density at radius 1 is 1.00 bits per heavy atom. The Hall–Kier alpha value is -3.38. The van der Waals surface area contributed by atoms with Crippen molar-refractivity contribution >= 4 is 43.3 Å². The van der Waals surface area contributed by atoms with Crippen molar-refractivity contribution < 1.29 is 37.0 Å². The molecule has 12 heteroatoms. The number of sulfone groups is 1. The second-order valence-corrected chi connectivity index (χ2v) is 9.80. The third-order valence-electron chi connectivity index (χ3n) is 4.71. The lowest BCUT2D eigenvalue weighted by molar-refractivity contribution is -0.141. The first-order chi connectivity index (χ1) is 15.6. The molecule has 3 aromatic rings. The molecule has 0 saturated heterocycles. The van der Waals surface area contributed by atoms with Crippen LogP contribution in [0.3, 0.4) is 0 Å². The number of benzene rings is 2. The summed E-state index contributed by atoms with van der Waals surface area (Å²) in [6.45, 7) is -0.212. The predicted octanol–water partition coefficient (Wildman–Crippen LogP) is 2.05. The number of aromatic nitrogens is 1. The number of ether oxygens (including phenoxy) is 4. The lowest BCUT2D eigenvalue weighted by Gasteiger charge is -2.12. The van der Waals surface area contributed by atoms with E-state index in [4.69, 9.17) is 18.9 Å². The number of hydrogen-bond donors (Lipinski definition) is 0. The van der Waals surface area contributed by atoms with Crippen molar-refractivity contribution in [3.63, 3.8) is 0 Å². The minimum Gasteiger partial charge on any atom is -0.493 e. The Kier molecular flexibility index (Phi) is 7.08. The number of carbonyl (C=O) groups excluding carboxylic acids is 2. The molecule has 33 heavy (non-hydrogen) atoms. The van der Waals surface area contributed by atoms with Gasteiger partial charge < -0.3 is 23.5 Å². The van der Waals surface area contributed by atoms with Gasteiger partial charge in [-0.2, -0.15) is 4.99 Å². The number of nitrogens with zero attached hydrogens (tertiary/aromatic N) is 2. The quantitative estimate of drug-likeness (QED) is 0.458. The Morgan fingerprint density at radius 3 is 2.15 bits per heavy atom. The van der Waals surface area contributed by atoms with Crippen LogP contribution in [0.25, 0.3) is 10.2 Å². The summed E-state index contributed by atoms with van der Waals surface area (Å²) in [5, 5.41) is 0. The van der Waals surface area contributed by atoms with Gasteiger partial charge in [-0.05, 0) is 30.3 Å². The Labute approximate surface area is 193 Å². The lowest BCUT2D eigenvalue weighted by Crippen LogP contribution is -2.22. The van der Waals surface area contributed by atoms with Gasteiger partial charge in [-0.3, -0.25) is 9.59 Å². The summed E-state index contributed by atoms with van der Waals surface area (Å²) in [6.07, 6.45) is 1.10. The maximum Gasteiger partial charge on any atom is 0.325 e. The molecule has 2 aromatic carbocycles. The average molecular weight is 495 g/mol. The maximum atomic E-state index is 13.0. The van der Waals surface area contributed by atoms with Gasteiger partial charge in [-0.1, -0.05) is 11.3 Å². The SMILES string of the molecule is COC(=O)Cn1c(=NC(=O)c2cc(OC)c(OC)c(OC)c2)sc2cc(S(C)(=O)=O)ccc21. The van der Waals surface area contributed by atoms with Crippen LogP contribution in [0.1, 0.15) is 10.4 Å². The molecule has 0 aliphatic heterocycles. The molecule has 1 heterocycles. The van der Waals surface area contributed by atoms with E-state index >= 15 is 0 Å². The van der Waals surface area contributed by atoms with Gasteiger partial charge in [0.1, 0.15) is 6.54 Å². The predicted molar refractivity (Wildman–Crippen MR) is 121 cm³/mol. The van der Waals surface area contributed by atoms with Gasteiger partial charge in [0.15, 0.2) is 26.1 Å². The van der Waals surface area contributed by atoms with Gasteiger partial charge in [-0.25, -0.2) is 8.42 Å². The molecule has 176 valence electrons. The zero-order valence-electron chi connectivity index (χ0n) is 18.6. The second kappa shape index (κ2) is 9.63. The lowest BCUT2D eigenvalue weighted by atomic mass is 10.1. The number of fused-ring (bicyclic) bond motifs is 1. The Bertz CT molecular complexity index is 1380. The van der Waals surface area contributed by atoms with Gasteiger partial charge in [0, 0.05) is 11.8 Å². The molecule has 0 bridgehead atoms. The van der Waals surface area contributed by atoms with Crippen molar-refractivity contribution in [1.82, 2.24) is 4.57 Å². The van der Waals surface area contributed by atoms with E-state index in [2.05, 4.69) is 4.99 Å². The minimum atomic E-state index is -3.45. The fraction of sp³-hybridized carbons (Fsp3) is 0.286. The first kappa shape index (κ1) is 24.3. The molecule has 1 amide bonds. The van der Waals surface area contributed by atoms with E-state index in [1.54, 1.807) is 6.07 Å². The average Bonchev–Trinajstić information content (AvgIpc) is 3.13. The third-order valence-corrected chi connectivity index (χ3v) is 6.86. The first-order valence-corrected chi connectivity index (χ1v) is 12.1. The van der Waals surface area contributed by atoms with Crippen LogP contribution in [0.15, 0.2) is 40.2 Å². The number of amides is 1. The zero-order valence-corrected chi connectivity index (χ0v) is 20.2. The van der Waals surface area contributed by atoms with Crippen LogP contribution in [-0.4, -0.2) is 59.6 Å². The van der Waals surface area contributed by atoms with Crippen LogP contribution in [0.2, 0.25) is 0 Å². The number of hydrogen-bond acceptors (Lipinski definition) is 9. The van der Waals surface area contributed by atoms with Gasteiger partial charge in [-0.15, -0.1) is 0 Å². The second-order valence-electron chi connectivity index (χ2n) is 6.78. The number of rotatable bonds is 7. The molecule has 3 rings (SSSR count). The highest BCUT2D eigenvalue weighted by Gasteiger charge is 2.19. The Balaban J connectivity index is 2.20. The standard InChI is InChI=1S/C21H22N2O8S2/c1-28-15-8-12(9-16(29-2)19(15)31-4)20(25)22-21-23(11-18(24)30-3)14-7-6-13(33(5,26)27)10-17(14)32-21/h6-10H,11H2,1-5H3. The summed E-state index contributed by atoms with van der Waals surface area (Å²) in [5.41, 5.74) is 0.706. The van der Waals surface area contributed by atoms with Crippen molar-refractivity contribution in [3.8, 4) is 17.2 Å². The molecular weight excluding hydrogens is 472 g/mol. The fourth-order valence-electron chi connectivity index (χ4n) is 3.07. The monoisotopic (exact) mass is 494 g/mol. The van der Waals surface area contributed by atoms with Crippen LogP contribution in [-0.2, 0) is 25.9 Å². The van der Waals surface area contributed by atoms with Crippen molar-refractivity contribution in [3.05, 3.63) is 40.7 Å². The highest BCUT2D eigenvalue weighted by atomic mass is 32.2. The van der Waals surface area contributed by atoms with E-state index in [9.17, 15) is 18.0 Å². The molecule has 0 unspecified atom stereocenters. The summed E-state index contributed by atoms with van der Waals surface area (Å²) < 4.78 is 46.5. The van der Waals surface area contributed by atoms with E-state index in [1.807, 2.05) is 0 Å². The normalized spacial score (nSPS) is 12.0. The van der Waals surface area contributed by atoms with Crippen molar-refractivity contribution in [1.29, 1.82) is 0 Å². The van der Waals surface area contributed by atoms with Crippen LogP contribution in [0, 0.1) is 0 Å². The molecule has 0 saturated carbocycles. The molecule has 0 spiro atoms. The summed E-state index contributed by atoms with van der Waals surface area (Å²) in [7, 11) is 2.11. The van der Waals surface area contributed by atoms with Crippen molar-refractivity contribution in [2.75, 3.05) is 34.7 Å². The number of thiazole rings is 1. The van der Waals surface area contributed by atoms with Crippen LogP contribution >= 0.6 is 11.3 Å². The van der Waals surface area contributed by atoms with E-state index in [1.165, 1.54) is 57.3 Å². The smallest absolute Gasteiger partial charge is 0.325 e. The summed E-state index contributed by atoms with van der Waals surface area (Å²) in [4.78, 5) is 29.5. The summed E-state index contributed by atoms with van der Waals surface area (Å²) in [6, 6.07) is 7.41. The van der Waals surface area contributed by atoms with Crippen LogP contribution < -0.4 is 19.0 Å². The fourth-order valence-corrected chi connectivity index (χ4v) is 4.86. The molecule has 0 fully saturated rings. The van der Waals surface area contributed by atoms with Crippen molar-refractivity contribution in [2.45, 2.75) is 11.4 Å². The topological polar surface area (TPSA) is 122 Å². The van der Waals surface area contributed by atoms with E-state index < -0.39 is 21.7 Å².